The van der Waals surface area contributed by atoms with Crippen LogP contribution in [0.3, 0.4) is 0 Å². The Morgan fingerprint density at radius 2 is 1.03 bits per heavy atom. The second-order valence-corrected chi connectivity index (χ2v) is 7.55. The van der Waals surface area contributed by atoms with E-state index in [9.17, 15) is 9.59 Å². The lowest BCUT2D eigenvalue weighted by atomic mass is 9.97. The van der Waals surface area contributed by atoms with E-state index in [-0.39, 0.29) is 23.8 Å². The number of carboxylic acids is 2. The van der Waals surface area contributed by atoms with Crippen molar-refractivity contribution >= 4 is 23.9 Å². The summed E-state index contributed by atoms with van der Waals surface area (Å²) >= 11 is 0. The molecule has 0 aromatic heterocycles. The molecule has 9 nitrogen and oxygen atoms in total. The van der Waals surface area contributed by atoms with Crippen LogP contribution in [0.15, 0.2) is 60.7 Å². The molecule has 0 aliphatic heterocycles. The molecule has 0 fully saturated rings. The van der Waals surface area contributed by atoms with Gasteiger partial charge in [-0.1, -0.05) is 60.7 Å². The maximum absolute atomic E-state index is 12.4. The number of rotatable bonds is 12. The minimum Gasteiger partial charge on any atom is -0.473 e. The largest absolute Gasteiger partial charge is 0.473 e. The van der Waals surface area contributed by atoms with Gasteiger partial charge in [0.25, 0.3) is 0 Å². The molecule has 0 spiro atoms. The lowest BCUT2D eigenvalue weighted by molar-refractivity contribution is -0.159. The number of hydrogen-bond donors (Lipinski definition) is 3. The van der Waals surface area contributed by atoms with Crippen LogP contribution in [0.4, 0.5) is 0 Å². The first-order chi connectivity index (χ1) is 16.8. The van der Waals surface area contributed by atoms with Crippen molar-refractivity contribution in [3.05, 3.63) is 71.8 Å². The third-order valence-corrected chi connectivity index (χ3v) is 4.85. The molecule has 2 atom stereocenters. The molecule has 2 aromatic carbocycles. The van der Waals surface area contributed by atoms with Crippen molar-refractivity contribution in [2.75, 3.05) is 26.3 Å². The fourth-order valence-electron chi connectivity index (χ4n) is 3.23. The molecule has 2 rings (SSSR count). The summed E-state index contributed by atoms with van der Waals surface area (Å²) in [6, 6.07) is 19.8. The van der Waals surface area contributed by atoms with Gasteiger partial charge in [-0.25, -0.2) is 9.59 Å². The maximum atomic E-state index is 12.4. The summed E-state index contributed by atoms with van der Waals surface area (Å²) in [5, 5.41) is 18.1. The van der Waals surface area contributed by atoms with Crippen LogP contribution in [0.5, 0.6) is 0 Å². The first kappa shape index (κ1) is 29.3. The average molecular weight is 488 g/mol. The fourth-order valence-corrected chi connectivity index (χ4v) is 3.23. The highest BCUT2D eigenvalue weighted by Crippen LogP contribution is 2.13. The van der Waals surface area contributed by atoms with Crippen LogP contribution in [0.2, 0.25) is 0 Å². The van der Waals surface area contributed by atoms with Crippen molar-refractivity contribution in [2.45, 2.75) is 26.7 Å². The monoisotopic (exact) mass is 487 g/mol. The minimum absolute atomic E-state index is 0.223. The van der Waals surface area contributed by atoms with Gasteiger partial charge >= 0.3 is 23.9 Å². The van der Waals surface area contributed by atoms with Crippen molar-refractivity contribution in [3.63, 3.8) is 0 Å². The number of ether oxygens (including phenoxy) is 2. The molecule has 0 amide bonds. The Morgan fingerprint density at radius 3 is 1.31 bits per heavy atom. The van der Waals surface area contributed by atoms with Crippen LogP contribution in [-0.2, 0) is 41.5 Å². The van der Waals surface area contributed by atoms with Gasteiger partial charge in [0.2, 0.25) is 0 Å². The van der Waals surface area contributed by atoms with Gasteiger partial charge in [0.15, 0.2) is 0 Å². The van der Waals surface area contributed by atoms with Gasteiger partial charge in [-0.05, 0) is 37.8 Å². The number of aliphatic carboxylic acids is 2. The minimum atomic E-state index is -1.82. The molecule has 0 saturated heterocycles. The lowest BCUT2D eigenvalue weighted by Crippen LogP contribution is -2.37. The zero-order chi connectivity index (χ0) is 26.1. The number of nitrogens with one attached hydrogen (secondary N) is 1. The Hall–Kier alpha value is -3.72. The van der Waals surface area contributed by atoms with Gasteiger partial charge in [0.1, 0.15) is 0 Å². The molecule has 0 bridgehead atoms. The molecule has 9 heteroatoms. The summed E-state index contributed by atoms with van der Waals surface area (Å²) in [7, 11) is 0. The first-order valence-corrected chi connectivity index (χ1v) is 11.4. The Kier molecular flexibility index (Phi) is 14.1. The summed E-state index contributed by atoms with van der Waals surface area (Å²) < 4.78 is 10.5. The van der Waals surface area contributed by atoms with Gasteiger partial charge in [0, 0.05) is 13.1 Å². The summed E-state index contributed by atoms with van der Waals surface area (Å²) in [6.07, 6.45) is 1.19. The summed E-state index contributed by atoms with van der Waals surface area (Å²) in [5.41, 5.74) is 2.16. The number of carboxylic acid groups (broad SMARTS) is 2. The highest BCUT2D eigenvalue weighted by Gasteiger charge is 2.23. The zero-order valence-electron chi connectivity index (χ0n) is 20.0. The normalized spacial score (nSPS) is 11.8. The van der Waals surface area contributed by atoms with E-state index in [0.717, 1.165) is 11.1 Å². The Morgan fingerprint density at radius 1 is 0.686 bits per heavy atom. The van der Waals surface area contributed by atoms with E-state index in [4.69, 9.17) is 29.3 Å². The van der Waals surface area contributed by atoms with E-state index in [1.165, 1.54) is 0 Å². The second-order valence-electron chi connectivity index (χ2n) is 7.55. The molecule has 0 radical (unpaired) electrons. The van der Waals surface area contributed by atoms with Crippen LogP contribution in [0, 0.1) is 11.8 Å². The Labute approximate surface area is 205 Å². The molecule has 0 heterocycles. The van der Waals surface area contributed by atoms with Crippen LogP contribution in [0.1, 0.15) is 25.0 Å². The molecule has 3 N–H and O–H groups in total. The van der Waals surface area contributed by atoms with E-state index in [1.807, 2.05) is 74.5 Å². The summed E-state index contributed by atoms with van der Waals surface area (Å²) in [6.45, 7) is 5.20. The zero-order valence-corrected chi connectivity index (χ0v) is 20.0. The number of benzene rings is 2. The van der Waals surface area contributed by atoms with Crippen molar-refractivity contribution in [2.24, 2.45) is 11.8 Å². The van der Waals surface area contributed by atoms with E-state index >= 15 is 0 Å². The molecule has 2 aromatic rings. The first-order valence-electron chi connectivity index (χ1n) is 11.4. The maximum Gasteiger partial charge on any atom is 0.414 e. The summed E-state index contributed by atoms with van der Waals surface area (Å²) in [4.78, 5) is 43.0. The van der Waals surface area contributed by atoms with E-state index in [2.05, 4.69) is 5.32 Å². The average Bonchev–Trinajstić information content (AvgIpc) is 2.84. The van der Waals surface area contributed by atoms with Gasteiger partial charge in [-0.2, -0.15) is 0 Å². The van der Waals surface area contributed by atoms with E-state index < -0.39 is 11.9 Å². The van der Waals surface area contributed by atoms with Crippen LogP contribution in [0.25, 0.3) is 0 Å². The summed E-state index contributed by atoms with van der Waals surface area (Å²) in [5.74, 6) is -4.71. The number of carbonyl (C=O) groups is 4. The number of hydrogen-bond acceptors (Lipinski definition) is 7. The molecule has 0 saturated carbocycles. The van der Waals surface area contributed by atoms with Crippen molar-refractivity contribution in [1.82, 2.24) is 5.32 Å². The SMILES string of the molecule is CCOC(=O)C(CNCC(Cc1ccccc1)C(=O)OCC)Cc1ccccc1.O=C(O)C(=O)O. The van der Waals surface area contributed by atoms with Gasteiger partial charge in [-0.15, -0.1) is 0 Å². The number of carbonyl (C=O) groups excluding carboxylic acids is 2. The molecular formula is C26H33NO8. The van der Waals surface area contributed by atoms with Crippen molar-refractivity contribution < 1.29 is 38.9 Å². The Bertz CT molecular complexity index is 842. The predicted octanol–water partition coefficient (Wildman–Crippen LogP) is 2.58. The number of esters is 2. The quantitative estimate of drug-likeness (QED) is 0.304. The smallest absolute Gasteiger partial charge is 0.414 e. The molecule has 0 aliphatic carbocycles. The topological polar surface area (TPSA) is 139 Å². The Balaban J connectivity index is 0.000000905. The van der Waals surface area contributed by atoms with Crippen molar-refractivity contribution in [1.29, 1.82) is 0 Å². The molecule has 190 valence electrons. The van der Waals surface area contributed by atoms with E-state index in [1.54, 1.807) is 0 Å². The van der Waals surface area contributed by atoms with Crippen molar-refractivity contribution in [3.8, 4) is 0 Å². The van der Waals surface area contributed by atoms with Crippen LogP contribution in [-0.4, -0.2) is 60.4 Å². The second kappa shape index (κ2) is 16.8. The highest BCUT2D eigenvalue weighted by molar-refractivity contribution is 6.27. The molecule has 0 aliphatic rings. The van der Waals surface area contributed by atoms with E-state index in [0.29, 0.717) is 39.1 Å². The van der Waals surface area contributed by atoms with Gasteiger partial charge < -0.3 is 25.0 Å². The third-order valence-electron chi connectivity index (χ3n) is 4.85. The predicted molar refractivity (Wildman–Crippen MR) is 129 cm³/mol. The lowest BCUT2D eigenvalue weighted by Gasteiger charge is -2.20. The van der Waals surface area contributed by atoms with Crippen LogP contribution >= 0.6 is 0 Å². The fraction of sp³-hybridized carbons (Fsp3) is 0.385. The third kappa shape index (κ3) is 12.4. The molecule has 2 unspecified atom stereocenters. The molecular weight excluding hydrogens is 454 g/mol. The standard InChI is InChI=1S/C24H31NO4.C2H2O4/c1-3-28-23(26)21(15-19-11-7-5-8-12-19)17-25-18-22(24(27)29-4-2)16-20-13-9-6-10-14-20;3-1(4)2(5)6/h5-14,21-22,25H,3-4,15-18H2,1-2H3;(H,3,4)(H,5,6). The van der Waals surface area contributed by atoms with Crippen LogP contribution < -0.4 is 5.32 Å². The highest BCUT2D eigenvalue weighted by atomic mass is 16.5. The molecule has 35 heavy (non-hydrogen) atoms. The van der Waals surface area contributed by atoms with Gasteiger partial charge in [0.05, 0.1) is 25.0 Å². The van der Waals surface area contributed by atoms with Gasteiger partial charge in [-0.3, -0.25) is 9.59 Å².